The van der Waals surface area contributed by atoms with Gasteiger partial charge in [0.2, 0.25) is 0 Å². The first kappa shape index (κ1) is 18.7. The van der Waals surface area contributed by atoms with Gasteiger partial charge in [-0.15, -0.1) is 0 Å². The number of rotatable bonds is 6. The Morgan fingerprint density at radius 3 is 2.50 bits per heavy atom. The van der Waals surface area contributed by atoms with Crippen molar-refractivity contribution < 1.29 is 29.1 Å². The Hall–Kier alpha value is -3.68. The van der Waals surface area contributed by atoms with Crippen molar-refractivity contribution in [3.05, 3.63) is 69.8 Å². The lowest BCUT2D eigenvalue weighted by Gasteiger charge is -2.03. The number of carbonyl (C=O) groups excluding carboxylic acids is 2. The van der Waals surface area contributed by atoms with E-state index in [4.69, 9.17) is 4.74 Å². The molecule has 0 atom stereocenters. The Labute approximate surface area is 148 Å². The van der Waals surface area contributed by atoms with Crippen molar-refractivity contribution in [3.8, 4) is 11.5 Å². The number of nitrogens with zero attached hydrogens (tertiary/aromatic N) is 1. The fourth-order valence-corrected chi connectivity index (χ4v) is 2.05. The number of non-ortho nitro benzene ring substituents is 1. The minimum absolute atomic E-state index is 0.0366. The molecule has 0 spiro atoms. The molecule has 0 unspecified atom stereocenters. The summed E-state index contributed by atoms with van der Waals surface area (Å²) in [6.07, 6.45) is 2.29. The summed E-state index contributed by atoms with van der Waals surface area (Å²) in [6, 6.07) is 9.84. The van der Waals surface area contributed by atoms with E-state index < -0.39 is 16.9 Å². The summed E-state index contributed by atoms with van der Waals surface area (Å²) in [7, 11) is 1.40. The lowest BCUT2D eigenvalue weighted by Crippen LogP contribution is -2.12. The monoisotopic (exact) mass is 357 g/mol. The van der Waals surface area contributed by atoms with E-state index >= 15 is 0 Å². The number of methoxy groups -OCH3 is 1. The van der Waals surface area contributed by atoms with Crippen LogP contribution in [0, 0.1) is 10.1 Å². The number of hydrogen-bond donors (Lipinski definition) is 1. The number of benzene rings is 2. The summed E-state index contributed by atoms with van der Waals surface area (Å²) < 4.78 is 9.61. The molecule has 0 amide bonds. The topological polar surface area (TPSA) is 116 Å². The van der Waals surface area contributed by atoms with Crippen LogP contribution in [0.2, 0.25) is 0 Å². The van der Waals surface area contributed by atoms with E-state index in [1.54, 1.807) is 6.07 Å². The van der Waals surface area contributed by atoms with Crippen molar-refractivity contribution >= 4 is 23.7 Å². The van der Waals surface area contributed by atoms with Crippen LogP contribution in [0.25, 0.3) is 6.08 Å². The number of nitro groups is 1. The minimum atomic E-state index is -0.857. The molecule has 2 aromatic rings. The van der Waals surface area contributed by atoms with E-state index in [0.717, 1.165) is 6.08 Å². The predicted molar refractivity (Wildman–Crippen MR) is 91.6 cm³/mol. The highest BCUT2D eigenvalue weighted by Gasteiger charge is 2.11. The zero-order chi connectivity index (χ0) is 19.1. The largest absolute Gasteiger partial charge is 0.504 e. The van der Waals surface area contributed by atoms with Gasteiger partial charge in [0, 0.05) is 18.2 Å². The molecule has 0 radical (unpaired) electrons. The number of hydrogen-bond acceptors (Lipinski definition) is 7. The van der Waals surface area contributed by atoms with Crippen molar-refractivity contribution in [2.75, 3.05) is 7.11 Å². The van der Waals surface area contributed by atoms with Crippen molar-refractivity contribution in [2.45, 2.75) is 6.42 Å². The van der Waals surface area contributed by atoms with E-state index in [1.165, 1.54) is 49.6 Å². The molecule has 8 heteroatoms. The van der Waals surface area contributed by atoms with Gasteiger partial charge in [-0.3, -0.25) is 14.9 Å². The van der Waals surface area contributed by atoms with E-state index in [1.807, 2.05) is 0 Å². The third-order valence-corrected chi connectivity index (χ3v) is 3.33. The first-order valence-corrected chi connectivity index (χ1v) is 7.42. The average Bonchev–Trinajstić information content (AvgIpc) is 2.61. The van der Waals surface area contributed by atoms with Gasteiger partial charge in [-0.1, -0.05) is 18.2 Å². The van der Waals surface area contributed by atoms with Crippen molar-refractivity contribution in [2.24, 2.45) is 0 Å². The second-order valence-corrected chi connectivity index (χ2v) is 5.16. The molecule has 0 aliphatic heterocycles. The van der Waals surface area contributed by atoms with Gasteiger partial charge in [-0.25, -0.2) is 4.79 Å². The van der Waals surface area contributed by atoms with Gasteiger partial charge in [-0.2, -0.15) is 0 Å². The van der Waals surface area contributed by atoms with Gasteiger partial charge in [0.25, 0.3) is 5.69 Å². The average molecular weight is 357 g/mol. The molecule has 1 N–H and O–H groups in total. The van der Waals surface area contributed by atoms with Crippen LogP contribution in [-0.2, 0) is 20.7 Å². The molecule has 0 saturated heterocycles. The van der Waals surface area contributed by atoms with Gasteiger partial charge in [0.05, 0.1) is 18.5 Å². The Bertz CT molecular complexity index is 856. The van der Waals surface area contributed by atoms with Crippen molar-refractivity contribution in [1.29, 1.82) is 0 Å². The molecule has 0 fully saturated rings. The molecule has 2 rings (SSSR count). The minimum Gasteiger partial charge on any atom is -0.504 e. The fraction of sp³-hybridized carbons (Fsp3) is 0.111. The highest BCUT2D eigenvalue weighted by atomic mass is 16.6. The SMILES string of the molecule is COc1cc(C=CC(=O)OC(=O)Cc2ccc([N+](=O)[O-])cc2)ccc1O. The highest BCUT2D eigenvalue weighted by Crippen LogP contribution is 2.26. The van der Waals surface area contributed by atoms with Gasteiger partial charge in [0.15, 0.2) is 11.5 Å². The van der Waals surface area contributed by atoms with Crippen LogP contribution in [0.5, 0.6) is 11.5 Å². The Morgan fingerprint density at radius 2 is 1.88 bits per heavy atom. The number of phenolic OH excluding ortho intramolecular Hbond substituents is 1. The van der Waals surface area contributed by atoms with Crippen LogP contribution in [0.3, 0.4) is 0 Å². The quantitative estimate of drug-likeness (QED) is 0.278. The molecule has 8 nitrogen and oxygen atoms in total. The summed E-state index contributed by atoms with van der Waals surface area (Å²) in [6.45, 7) is 0. The maximum absolute atomic E-state index is 11.7. The number of aromatic hydroxyl groups is 1. The Balaban J connectivity index is 1.92. The van der Waals surface area contributed by atoms with Crippen molar-refractivity contribution in [1.82, 2.24) is 0 Å². The van der Waals surface area contributed by atoms with E-state index in [-0.39, 0.29) is 23.6 Å². The van der Waals surface area contributed by atoms with Crippen LogP contribution in [-0.4, -0.2) is 29.1 Å². The third-order valence-electron chi connectivity index (χ3n) is 3.33. The maximum atomic E-state index is 11.7. The molecular formula is C18H15NO7. The number of phenols is 1. The summed E-state index contributed by atoms with van der Waals surface area (Å²) in [5.41, 5.74) is 0.963. The van der Waals surface area contributed by atoms with Gasteiger partial charge in [-0.05, 0) is 29.3 Å². The number of ether oxygens (including phenoxy) is 2. The first-order chi connectivity index (χ1) is 12.4. The second kappa shape index (κ2) is 8.43. The summed E-state index contributed by atoms with van der Waals surface area (Å²) in [5, 5.41) is 20.1. The lowest BCUT2D eigenvalue weighted by molar-refractivity contribution is -0.384. The van der Waals surface area contributed by atoms with Crippen LogP contribution in [0.4, 0.5) is 5.69 Å². The number of esters is 2. The third kappa shape index (κ3) is 5.17. The smallest absolute Gasteiger partial charge is 0.338 e. The molecule has 134 valence electrons. The normalized spacial score (nSPS) is 10.5. The van der Waals surface area contributed by atoms with Crippen LogP contribution < -0.4 is 4.74 Å². The van der Waals surface area contributed by atoms with Crippen LogP contribution in [0.1, 0.15) is 11.1 Å². The van der Waals surface area contributed by atoms with Gasteiger partial charge >= 0.3 is 11.9 Å². The van der Waals surface area contributed by atoms with Gasteiger partial charge in [0.1, 0.15) is 0 Å². The predicted octanol–water partition coefficient (Wildman–Crippen LogP) is 2.63. The highest BCUT2D eigenvalue weighted by molar-refractivity contribution is 5.95. The fourth-order valence-electron chi connectivity index (χ4n) is 2.05. The Kier molecular flexibility index (Phi) is 6.05. The van der Waals surface area contributed by atoms with Crippen molar-refractivity contribution in [3.63, 3.8) is 0 Å². The first-order valence-electron chi connectivity index (χ1n) is 7.42. The van der Waals surface area contributed by atoms with Crippen LogP contribution >= 0.6 is 0 Å². The van der Waals surface area contributed by atoms with E-state index in [2.05, 4.69) is 4.74 Å². The molecular weight excluding hydrogens is 342 g/mol. The van der Waals surface area contributed by atoms with Gasteiger partial charge < -0.3 is 14.6 Å². The lowest BCUT2D eigenvalue weighted by atomic mass is 10.1. The standard InChI is InChI=1S/C18H15NO7/c1-25-16-10-12(4-8-15(16)20)5-9-17(21)26-18(22)11-13-2-6-14(7-3-13)19(23)24/h2-10,20H,11H2,1H3. The van der Waals surface area contributed by atoms with E-state index in [0.29, 0.717) is 11.1 Å². The van der Waals surface area contributed by atoms with E-state index in [9.17, 15) is 24.8 Å². The second-order valence-electron chi connectivity index (χ2n) is 5.16. The zero-order valence-electron chi connectivity index (χ0n) is 13.7. The molecule has 0 aromatic heterocycles. The maximum Gasteiger partial charge on any atom is 0.338 e. The molecule has 26 heavy (non-hydrogen) atoms. The van der Waals surface area contributed by atoms with Crippen LogP contribution in [0.15, 0.2) is 48.5 Å². The Morgan fingerprint density at radius 1 is 1.19 bits per heavy atom. The molecule has 0 bridgehead atoms. The molecule has 0 aliphatic carbocycles. The molecule has 2 aromatic carbocycles. The molecule has 0 aliphatic rings. The number of carbonyl (C=O) groups is 2. The summed E-state index contributed by atoms with van der Waals surface area (Å²) in [4.78, 5) is 33.4. The molecule has 0 heterocycles. The number of nitro benzene ring substituents is 1. The summed E-state index contributed by atoms with van der Waals surface area (Å²) >= 11 is 0. The zero-order valence-corrected chi connectivity index (χ0v) is 13.7. The molecule has 0 saturated carbocycles. The summed E-state index contributed by atoms with van der Waals surface area (Å²) in [5.74, 6) is -1.43.